The summed E-state index contributed by atoms with van der Waals surface area (Å²) >= 11 is 1.54. The standard InChI is InChI=1S/C18H20N4O3S.ClH/c1-23-15-8-12(4-5-14(15)24-9-13-10-26-11-20-13)16-21-17(22-25-16)18(19)6-2-3-7-18;/h4-5,8,10-11H,2-3,6-7,9,19H2,1H3;1H. The summed E-state index contributed by atoms with van der Waals surface area (Å²) < 4.78 is 16.7. The lowest BCUT2D eigenvalue weighted by molar-refractivity contribution is 0.281. The molecule has 9 heteroatoms. The van der Waals surface area contributed by atoms with Crippen LogP contribution in [0.4, 0.5) is 0 Å². The normalized spacial score (nSPS) is 15.3. The van der Waals surface area contributed by atoms with Crippen LogP contribution >= 0.6 is 23.7 Å². The first-order chi connectivity index (χ1) is 12.7. The predicted octanol–water partition coefficient (Wildman–Crippen LogP) is 3.93. The fourth-order valence-electron chi connectivity index (χ4n) is 3.15. The molecule has 0 amide bonds. The first-order valence-corrected chi connectivity index (χ1v) is 9.43. The van der Waals surface area contributed by atoms with Gasteiger partial charge < -0.3 is 19.7 Å². The molecule has 0 spiro atoms. The van der Waals surface area contributed by atoms with E-state index < -0.39 is 5.54 Å². The van der Waals surface area contributed by atoms with Crippen LogP contribution in [0.1, 0.15) is 37.2 Å². The van der Waals surface area contributed by atoms with E-state index in [0.29, 0.717) is 29.8 Å². The van der Waals surface area contributed by atoms with Gasteiger partial charge in [-0.3, -0.25) is 0 Å². The highest BCUT2D eigenvalue weighted by molar-refractivity contribution is 7.07. The van der Waals surface area contributed by atoms with Crippen molar-refractivity contribution in [1.29, 1.82) is 0 Å². The van der Waals surface area contributed by atoms with Crippen molar-refractivity contribution in [1.82, 2.24) is 15.1 Å². The fourth-order valence-corrected chi connectivity index (χ4v) is 3.70. The van der Waals surface area contributed by atoms with E-state index in [1.54, 1.807) is 12.6 Å². The smallest absolute Gasteiger partial charge is 0.258 e. The van der Waals surface area contributed by atoms with Gasteiger partial charge in [0.15, 0.2) is 17.3 Å². The molecule has 0 radical (unpaired) electrons. The van der Waals surface area contributed by atoms with Gasteiger partial charge in [0.1, 0.15) is 6.61 Å². The van der Waals surface area contributed by atoms with Crippen molar-refractivity contribution in [3.05, 3.63) is 40.6 Å². The molecular formula is C18H21ClN4O3S. The Labute approximate surface area is 167 Å². The lowest BCUT2D eigenvalue weighted by Crippen LogP contribution is -2.34. The summed E-state index contributed by atoms with van der Waals surface area (Å²) in [6, 6.07) is 5.53. The molecule has 1 aliphatic rings. The van der Waals surface area contributed by atoms with Crippen LogP contribution in [0.25, 0.3) is 11.5 Å². The van der Waals surface area contributed by atoms with Crippen LogP contribution in [0.3, 0.4) is 0 Å². The number of hydrogen-bond acceptors (Lipinski definition) is 8. The van der Waals surface area contributed by atoms with Crippen LogP contribution in [0.5, 0.6) is 11.5 Å². The van der Waals surface area contributed by atoms with Crippen molar-refractivity contribution in [2.75, 3.05) is 7.11 Å². The Bertz CT molecular complexity index is 879. The molecule has 0 atom stereocenters. The number of thiazole rings is 1. The Kier molecular flexibility index (Phi) is 5.98. The molecule has 1 aliphatic carbocycles. The second-order valence-electron chi connectivity index (χ2n) is 6.42. The highest BCUT2D eigenvalue weighted by atomic mass is 35.5. The van der Waals surface area contributed by atoms with Gasteiger partial charge in [0.25, 0.3) is 5.89 Å². The molecule has 0 saturated heterocycles. The third kappa shape index (κ3) is 4.07. The fraction of sp³-hybridized carbons (Fsp3) is 0.389. The van der Waals surface area contributed by atoms with E-state index in [0.717, 1.165) is 36.9 Å². The van der Waals surface area contributed by atoms with Gasteiger partial charge in [0.05, 0.1) is 23.9 Å². The van der Waals surface area contributed by atoms with Crippen LogP contribution in [-0.2, 0) is 12.1 Å². The van der Waals surface area contributed by atoms with Gasteiger partial charge in [0, 0.05) is 10.9 Å². The molecule has 7 nitrogen and oxygen atoms in total. The van der Waals surface area contributed by atoms with Crippen LogP contribution in [-0.4, -0.2) is 22.2 Å². The SMILES string of the molecule is COc1cc(-c2nc(C3(N)CCCC3)no2)ccc1OCc1cscn1.Cl. The predicted molar refractivity (Wildman–Crippen MR) is 104 cm³/mol. The zero-order valence-corrected chi connectivity index (χ0v) is 16.5. The van der Waals surface area contributed by atoms with Gasteiger partial charge in [-0.15, -0.1) is 23.7 Å². The monoisotopic (exact) mass is 408 g/mol. The van der Waals surface area contributed by atoms with E-state index in [4.69, 9.17) is 19.7 Å². The van der Waals surface area contributed by atoms with E-state index in [9.17, 15) is 0 Å². The van der Waals surface area contributed by atoms with Crippen LogP contribution in [0, 0.1) is 0 Å². The summed E-state index contributed by atoms with van der Waals surface area (Å²) in [5, 5.41) is 6.05. The van der Waals surface area contributed by atoms with Gasteiger partial charge in [-0.2, -0.15) is 4.98 Å². The molecule has 4 rings (SSSR count). The number of aromatic nitrogens is 3. The molecule has 1 aromatic carbocycles. The molecular weight excluding hydrogens is 388 g/mol. The Morgan fingerprint density at radius 2 is 2.07 bits per heavy atom. The molecule has 2 heterocycles. The summed E-state index contributed by atoms with van der Waals surface area (Å²) in [5.41, 5.74) is 9.36. The molecule has 1 fully saturated rings. The largest absolute Gasteiger partial charge is 0.493 e. The average Bonchev–Trinajstić information content (AvgIpc) is 3.41. The first-order valence-electron chi connectivity index (χ1n) is 8.49. The highest BCUT2D eigenvalue weighted by Crippen LogP contribution is 2.37. The molecule has 0 bridgehead atoms. The number of methoxy groups -OCH3 is 1. The van der Waals surface area contributed by atoms with Crippen LogP contribution in [0.15, 0.2) is 33.6 Å². The van der Waals surface area contributed by atoms with Crippen molar-refractivity contribution in [3.8, 4) is 23.0 Å². The second-order valence-corrected chi connectivity index (χ2v) is 7.14. The van der Waals surface area contributed by atoms with Crippen molar-refractivity contribution in [2.45, 2.75) is 37.8 Å². The number of nitrogens with zero attached hydrogens (tertiary/aromatic N) is 3. The number of nitrogens with two attached hydrogens (primary N) is 1. The highest BCUT2D eigenvalue weighted by Gasteiger charge is 2.36. The van der Waals surface area contributed by atoms with E-state index in [1.165, 1.54) is 11.3 Å². The summed E-state index contributed by atoms with van der Waals surface area (Å²) in [4.78, 5) is 8.72. The minimum atomic E-state index is -0.470. The zero-order chi connectivity index (χ0) is 18.0. The third-order valence-electron chi connectivity index (χ3n) is 4.64. The van der Waals surface area contributed by atoms with Crippen LogP contribution < -0.4 is 15.2 Å². The zero-order valence-electron chi connectivity index (χ0n) is 14.9. The van der Waals surface area contributed by atoms with E-state index in [2.05, 4.69) is 15.1 Å². The van der Waals surface area contributed by atoms with Crippen molar-refractivity contribution >= 4 is 23.7 Å². The van der Waals surface area contributed by atoms with Gasteiger partial charge in [-0.1, -0.05) is 18.0 Å². The molecule has 3 aromatic rings. The minimum absolute atomic E-state index is 0. The molecule has 0 unspecified atom stereocenters. The number of benzene rings is 1. The third-order valence-corrected chi connectivity index (χ3v) is 5.27. The van der Waals surface area contributed by atoms with Gasteiger partial charge in [-0.25, -0.2) is 4.98 Å². The molecule has 1 saturated carbocycles. The molecule has 2 N–H and O–H groups in total. The quantitative estimate of drug-likeness (QED) is 0.659. The molecule has 27 heavy (non-hydrogen) atoms. The maximum absolute atomic E-state index is 6.40. The Hall–Kier alpha value is -2.16. The van der Waals surface area contributed by atoms with E-state index in [1.807, 2.05) is 23.6 Å². The average molecular weight is 409 g/mol. The number of ether oxygens (including phenoxy) is 2. The van der Waals surface area contributed by atoms with Crippen LogP contribution in [0.2, 0.25) is 0 Å². The molecule has 0 aliphatic heterocycles. The Morgan fingerprint density at radius 1 is 1.26 bits per heavy atom. The minimum Gasteiger partial charge on any atom is -0.493 e. The molecule has 144 valence electrons. The Morgan fingerprint density at radius 3 is 2.78 bits per heavy atom. The number of halogens is 1. The van der Waals surface area contributed by atoms with Gasteiger partial charge in [0.2, 0.25) is 0 Å². The number of hydrogen-bond donors (Lipinski definition) is 1. The topological polar surface area (TPSA) is 96.3 Å². The summed E-state index contributed by atoms with van der Waals surface area (Å²) in [7, 11) is 1.60. The lowest BCUT2D eigenvalue weighted by Gasteiger charge is -2.17. The summed E-state index contributed by atoms with van der Waals surface area (Å²) in [6.45, 7) is 0.388. The number of rotatable bonds is 6. The van der Waals surface area contributed by atoms with Gasteiger partial charge in [-0.05, 0) is 31.0 Å². The maximum Gasteiger partial charge on any atom is 0.258 e. The van der Waals surface area contributed by atoms with E-state index in [-0.39, 0.29) is 12.4 Å². The maximum atomic E-state index is 6.40. The van der Waals surface area contributed by atoms with E-state index >= 15 is 0 Å². The Balaban J connectivity index is 0.00000210. The molecule has 2 aromatic heterocycles. The second kappa shape index (κ2) is 8.24. The lowest BCUT2D eigenvalue weighted by atomic mass is 9.99. The summed E-state index contributed by atoms with van der Waals surface area (Å²) in [5.74, 6) is 2.24. The first kappa shape index (κ1) is 19.6. The van der Waals surface area contributed by atoms with Crippen molar-refractivity contribution < 1.29 is 14.0 Å². The van der Waals surface area contributed by atoms with Gasteiger partial charge >= 0.3 is 0 Å². The van der Waals surface area contributed by atoms with Crippen molar-refractivity contribution in [2.24, 2.45) is 5.73 Å². The summed E-state index contributed by atoms with van der Waals surface area (Å²) in [6.07, 6.45) is 3.97. The van der Waals surface area contributed by atoms with Crippen molar-refractivity contribution in [3.63, 3.8) is 0 Å².